The summed E-state index contributed by atoms with van der Waals surface area (Å²) in [6.07, 6.45) is 0. The van der Waals surface area contributed by atoms with Crippen LogP contribution in [-0.2, 0) is 0 Å². The van der Waals surface area contributed by atoms with Crippen LogP contribution in [0.25, 0.3) is 0 Å². The van der Waals surface area contributed by atoms with Gasteiger partial charge < -0.3 is 5.32 Å². The van der Waals surface area contributed by atoms with Gasteiger partial charge in [-0.1, -0.05) is 18.2 Å². The van der Waals surface area contributed by atoms with Crippen molar-refractivity contribution in [3.8, 4) is 6.07 Å². The molecule has 0 aliphatic carbocycles. The Bertz CT molecular complexity index is 501. The predicted molar refractivity (Wildman–Crippen MR) is 64.3 cm³/mol. The minimum absolute atomic E-state index is 0.545. The fourth-order valence-electron chi connectivity index (χ4n) is 1.11. The maximum absolute atomic E-state index is 8.91. The highest BCUT2D eigenvalue weighted by atomic mass is 79.9. The highest BCUT2D eigenvalue weighted by molar-refractivity contribution is 9.10. The van der Waals surface area contributed by atoms with Gasteiger partial charge in [0.05, 0.1) is 0 Å². The lowest BCUT2D eigenvalue weighted by atomic mass is 10.3. The molecule has 0 atom stereocenters. The molecule has 0 spiro atoms. The van der Waals surface area contributed by atoms with Crippen LogP contribution in [0.5, 0.6) is 0 Å². The smallest absolute Gasteiger partial charge is 0.139 e. The van der Waals surface area contributed by atoms with Gasteiger partial charge in [-0.2, -0.15) is 9.64 Å². The second-order valence-electron chi connectivity index (χ2n) is 2.78. The summed E-state index contributed by atoms with van der Waals surface area (Å²) < 4.78 is 4.65. The number of benzene rings is 1. The molecule has 2 rings (SSSR count). The van der Waals surface area contributed by atoms with Crippen LogP contribution in [0.3, 0.4) is 0 Å². The van der Waals surface area contributed by atoms with Crippen molar-refractivity contribution >= 4 is 38.2 Å². The van der Waals surface area contributed by atoms with Crippen LogP contribution in [0.4, 0.5) is 10.7 Å². The van der Waals surface area contributed by atoms with E-state index >= 15 is 0 Å². The Hall–Kier alpha value is -1.38. The summed E-state index contributed by atoms with van der Waals surface area (Å²) in [5.74, 6) is 0. The highest BCUT2D eigenvalue weighted by Gasteiger charge is 2.10. The van der Waals surface area contributed by atoms with E-state index in [-0.39, 0.29) is 0 Å². The molecule has 1 heterocycles. The Morgan fingerprint density at radius 3 is 2.73 bits per heavy atom. The summed E-state index contributed by atoms with van der Waals surface area (Å²) in [6.45, 7) is 0. The van der Waals surface area contributed by atoms with Gasteiger partial charge in [0.15, 0.2) is 0 Å². The topological polar surface area (TPSA) is 48.7 Å². The number of anilines is 2. The number of rotatable bonds is 2. The summed E-state index contributed by atoms with van der Waals surface area (Å²) in [5.41, 5.74) is 1.49. The van der Waals surface area contributed by atoms with Crippen molar-refractivity contribution in [3.63, 3.8) is 0 Å². The number of hydrogen-bond donors (Lipinski definition) is 1. The van der Waals surface area contributed by atoms with Crippen LogP contribution < -0.4 is 5.32 Å². The molecule has 0 unspecified atom stereocenters. The first-order valence-corrected chi connectivity index (χ1v) is 5.75. The largest absolute Gasteiger partial charge is 0.345 e. The first kappa shape index (κ1) is 10.1. The third-order valence-electron chi connectivity index (χ3n) is 1.79. The average Bonchev–Trinajstić information content (AvgIpc) is 2.61. The maximum atomic E-state index is 8.91. The van der Waals surface area contributed by atoms with Gasteiger partial charge in [-0.25, -0.2) is 0 Å². The lowest BCUT2D eigenvalue weighted by Gasteiger charge is -2.01. The Morgan fingerprint density at radius 1 is 1.33 bits per heavy atom. The van der Waals surface area contributed by atoms with Crippen LogP contribution >= 0.6 is 27.5 Å². The van der Waals surface area contributed by atoms with E-state index in [1.54, 1.807) is 0 Å². The summed E-state index contributed by atoms with van der Waals surface area (Å²) in [5, 5.41) is 12.8. The van der Waals surface area contributed by atoms with Gasteiger partial charge in [0.25, 0.3) is 0 Å². The molecule has 1 aromatic heterocycles. The molecule has 0 aliphatic rings. The molecule has 3 nitrogen and oxygen atoms in total. The molecule has 0 bridgehead atoms. The molecule has 0 amide bonds. The molecule has 2 aromatic rings. The van der Waals surface area contributed by atoms with Crippen molar-refractivity contribution < 1.29 is 0 Å². The van der Waals surface area contributed by atoms with Gasteiger partial charge in [0, 0.05) is 5.69 Å². The van der Waals surface area contributed by atoms with Gasteiger partial charge in [-0.15, -0.1) is 0 Å². The van der Waals surface area contributed by atoms with E-state index in [4.69, 9.17) is 5.26 Å². The zero-order valence-corrected chi connectivity index (χ0v) is 9.97. The number of nitrogens with one attached hydrogen (secondary N) is 1. The summed E-state index contributed by atoms with van der Waals surface area (Å²) in [6, 6.07) is 11.8. The van der Waals surface area contributed by atoms with E-state index in [2.05, 4.69) is 31.7 Å². The molecule has 5 heteroatoms. The van der Waals surface area contributed by atoms with Crippen LogP contribution in [0.2, 0.25) is 0 Å². The van der Waals surface area contributed by atoms with Crippen LogP contribution in [0, 0.1) is 11.3 Å². The van der Waals surface area contributed by atoms with Crippen molar-refractivity contribution in [2.75, 3.05) is 5.32 Å². The van der Waals surface area contributed by atoms with Gasteiger partial charge in [0.1, 0.15) is 21.2 Å². The van der Waals surface area contributed by atoms with Crippen LogP contribution in [-0.4, -0.2) is 4.37 Å². The Balaban J connectivity index is 2.30. The zero-order chi connectivity index (χ0) is 10.7. The molecule has 0 aliphatic heterocycles. The molecule has 15 heavy (non-hydrogen) atoms. The van der Waals surface area contributed by atoms with E-state index in [0.717, 1.165) is 10.7 Å². The van der Waals surface area contributed by atoms with Gasteiger partial charge in [0.2, 0.25) is 0 Å². The summed E-state index contributed by atoms with van der Waals surface area (Å²) in [7, 11) is 0. The molecule has 0 radical (unpaired) electrons. The fourth-order valence-corrected chi connectivity index (χ4v) is 2.40. The summed E-state index contributed by atoms with van der Waals surface area (Å²) >= 11 is 4.49. The molecular weight excluding hydrogens is 274 g/mol. The number of nitrogens with zero attached hydrogens (tertiary/aromatic N) is 2. The minimum Gasteiger partial charge on any atom is -0.345 e. The van der Waals surface area contributed by atoms with E-state index < -0.39 is 0 Å². The first-order valence-electron chi connectivity index (χ1n) is 4.18. The average molecular weight is 280 g/mol. The van der Waals surface area contributed by atoms with Crippen molar-refractivity contribution in [1.29, 1.82) is 5.26 Å². The van der Waals surface area contributed by atoms with Crippen molar-refractivity contribution in [1.82, 2.24) is 4.37 Å². The van der Waals surface area contributed by atoms with E-state index in [1.165, 1.54) is 11.5 Å². The van der Waals surface area contributed by atoms with Gasteiger partial charge in [-0.3, -0.25) is 0 Å². The number of nitriles is 1. The molecule has 1 N–H and O–H groups in total. The zero-order valence-electron chi connectivity index (χ0n) is 7.57. The van der Waals surface area contributed by atoms with Gasteiger partial charge >= 0.3 is 0 Å². The van der Waals surface area contributed by atoms with Crippen molar-refractivity contribution in [3.05, 3.63) is 40.5 Å². The monoisotopic (exact) mass is 279 g/mol. The van der Waals surface area contributed by atoms with Crippen LogP contribution in [0.15, 0.2) is 34.9 Å². The minimum atomic E-state index is 0.545. The Labute approximate surface area is 99.7 Å². The fraction of sp³-hybridized carbons (Fsp3) is 0. The van der Waals surface area contributed by atoms with Crippen molar-refractivity contribution in [2.24, 2.45) is 0 Å². The van der Waals surface area contributed by atoms with Crippen molar-refractivity contribution in [2.45, 2.75) is 0 Å². The Morgan fingerprint density at radius 2 is 2.07 bits per heavy atom. The van der Waals surface area contributed by atoms with E-state index in [1.807, 2.05) is 30.3 Å². The van der Waals surface area contributed by atoms with E-state index in [9.17, 15) is 0 Å². The SMILES string of the molecule is N#Cc1c(Br)nsc1Nc1ccccc1. The maximum Gasteiger partial charge on any atom is 0.139 e. The quantitative estimate of drug-likeness (QED) is 0.915. The highest BCUT2D eigenvalue weighted by Crippen LogP contribution is 2.30. The normalized spacial score (nSPS) is 9.60. The third kappa shape index (κ3) is 2.17. The predicted octanol–water partition coefficient (Wildman–Crippen LogP) is 3.52. The lowest BCUT2D eigenvalue weighted by Crippen LogP contribution is -1.88. The molecule has 0 fully saturated rings. The van der Waals surface area contributed by atoms with E-state index in [0.29, 0.717) is 10.2 Å². The number of hydrogen-bond acceptors (Lipinski definition) is 4. The lowest BCUT2D eigenvalue weighted by molar-refractivity contribution is 1.42. The van der Waals surface area contributed by atoms with Crippen LogP contribution in [0.1, 0.15) is 5.56 Å². The molecule has 0 saturated carbocycles. The number of para-hydroxylation sites is 1. The molecule has 0 saturated heterocycles. The standard InChI is InChI=1S/C10H6BrN3S/c11-9-8(6-12)10(15-14-9)13-7-4-2-1-3-5-7/h1-5,13H. The second kappa shape index (κ2) is 4.43. The number of halogens is 1. The third-order valence-corrected chi connectivity index (χ3v) is 3.37. The summed E-state index contributed by atoms with van der Waals surface area (Å²) in [4.78, 5) is 0. The number of aromatic nitrogens is 1. The Kier molecular flexibility index (Phi) is 2.99. The molecular formula is C10H6BrN3S. The first-order chi connectivity index (χ1) is 7.31. The van der Waals surface area contributed by atoms with Gasteiger partial charge in [-0.05, 0) is 39.6 Å². The second-order valence-corrected chi connectivity index (χ2v) is 4.30. The molecule has 74 valence electrons. The molecule has 1 aromatic carbocycles.